The van der Waals surface area contributed by atoms with E-state index in [1.54, 1.807) is 12.4 Å². The maximum absolute atomic E-state index is 12.5. The molecule has 0 aliphatic carbocycles. The number of rotatable bonds is 5. The van der Waals surface area contributed by atoms with Crippen molar-refractivity contribution in [2.24, 2.45) is 0 Å². The summed E-state index contributed by atoms with van der Waals surface area (Å²) in [5.41, 5.74) is 1.67. The van der Waals surface area contributed by atoms with Gasteiger partial charge in [0.15, 0.2) is 0 Å². The molecule has 5 nitrogen and oxygen atoms in total. The zero-order chi connectivity index (χ0) is 17.6. The Hall–Kier alpha value is -2.43. The Bertz CT molecular complexity index is 679. The molecular formula is C20H26N4O. The van der Waals surface area contributed by atoms with Crippen LogP contribution in [0.1, 0.15) is 49.2 Å². The molecule has 0 bridgehead atoms. The van der Waals surface area contributed by atoms with Crippen molar-refractivity contribution in [3.8, 4) is 0 Å². The van der Waals surface area contributed by atoms with E-state index in [9.17, 15) is 4.79 Å². The lowest BCUT2D eigenvalue weighted by Gasteiger charge is -2.28. The van der Waals surface area contributed by atoms with Gasteiger partial charge < -0.3 is 9.80 Å². The lowest BCUT2D eigenvalue weighted by atomic mass is 10.1. The van der Waals surface area contributed by atoms with E-state index in [1.807, 2.05) is 23.1 Å². The van der Waals surface area contributed by atoms with Crippen molar-refractivity contribution in [1.29, 1.82) is 0 Å². The molecule has 1 aliphatic rings. The fourth-order valence-electron chi connectivity index (χ4n) is 3.15. The third kappa shape index (κ3) is 4.35. The van der Waals surface area contributed by atoms with Crippen LogP contribution in [0.15, 0.2) is 42.7 Å². The molecule has 0 unspecified atom stereocenters. The zero-order valence-electron chi connectivity index (χ0n) is 15.1. The molecule has 0 spiro atoms. The summed E-state index contributed by atoms with van der Waals surface area (Å²) in [5, 5.41) is 0. The summed E-state index contributed by atoms with van der Waals surface area (Å²) in [6, 6.07) is 10.6. The topological polar surface area (TPSA) is 49.3 Å². The van der Waals surface area contributed by atoms with Gasteiger partial charge in [0.25, 0.3) is 5.91 Å². The lowest BCUT2D eigenvalue weighted by Crippen LogP contribution is -2.36. The molecule has 0 N–H and O–H groups in total. The molecule has 0 radical (unpaired) electrons. The predicted molar refractivity (Wildman–Crippen MR) is 99.5 cm³/mol. The quantitative estimate of drug-likeness (QED) is 0.837. The van der Waals surface area contributed by atoms with Crippen LogP contribution in [0.5, 0.6) is 0 Å². The second kappa shape index (κ2) is 8.10. The van der Waals surface area contributed by atoms with Crippen molar-refractivity contribution in [1.82, 2.24) is 14.9 Å². The van der Waals surface area contributed by atoms with Gasteiger partial charge in [-0.1, -0.05) is 30.3 Å². The molecule has 2 heterocycles. The van der Waals surface area contributed by atoms with Crippen LogP contribution in [0.3, 0.4) is 0 Å². The molecule has 1 aliphatic heterocycles. The van der Waals surface area contributed by atoms with Crippen molar-refractivity contribution >= 4 is 11.7 Å². The van der Waals surface area contributed by atoms with Gasteiger partial charge in [-0.15, -0.1) is 0 Å². The highest BCUT2D eigenvalue weighted by atomic mass is 16.2. The first kappa shape index (κ1) is 17.4. The summed E-state index contributed by atoms with van der Waals surface area (Å²) in [6.45, 7) is 6.70. The molecule has 1 aromatic heterocycles. The van der Waals surface area contributed by atoms with Gasteiger partial charge in [0.05, 0.1) is 12.4 Å². The molecule has 3 rings (SSSR count). The largest absolute Gasteiger partial charge is 0.349 e. The van der Waals surface area contributed by atoms with Crippen LogP contribution in [0.4, 0.5) is 5.82 Å². The monoisotopic (exact) mass is 338 g/mol. The third-order valence-electron chi connectivity index (χ3n) is 4.61. The van der Waals surface area contributed by atoms with E-state index < -0.39 is 0 Å². The van der Waals surface area contributed by atoms with Crippen molar-refractivity contribution in [2.75, 3.05) is 18.0 Å². The summed E-state index contributed by atoms with van der Waals surface area (Å²) in [4.78, 5) is 25.5. The predicted octanol–water partition coefficient (Wildman–Crippen LogP) is 3.52. The van der Waals surface area contributed by atoms with Gasteiger partial charge >= 0.3 is 0 Å². The second-order valence-electron chi connectivity index (χ2n) is 6.82. The Morgan fingerprint density at radius 2 is 1.80 bits per heavy atom. The van der Waals surface area contributed by atoms with E-state index in [2.05, 4.69) is 40.8 Å². The van der Waals surface area contributed by atoms with E-state index >= 15 is 0 Å². The van der Waals surface area contributed by atoms with Crippen molar-refractivity contribution in [3.63, 3.8) is 0 Å². The summed E-state index contributed by atoms with van der Waals surface area (Å²) in [5.74, 6) is 0.798. The van der Waals surface area contributed by atoms with Gasteiger partial charge in [0, 0.05) is 25.7 Å². The smallest absolute Gasteiger partial charge is 0.274 e. The number of carbonyl (C=O) groups is 1. The summed E-state index contributed by atoms with van der Waals surface area (Å²) in [7, 11) is 0. The Labute approximate surface area is 149 Å². The summed E-state index contributed by atoms with van der Waals surface area (Å²) in [6.07, 6.45) is 6.70. The number of carbonyl (C=O) groups excluding carboxylic acids is 1. The molecule has 0 saturated carbocycles. The van der Waals surface area contributed by atoms with E-state index in [0.29, 0.717) is 5.69 Å². The van der Waals surface area contributed by atoms with E-state index in [4.69, 9.17) is 0 Å². The van der Waals surface area contributed by atoms with Crippen LogP contribution >= 0.6 is 0 Å². The highest BCUT2D eigenvalue weighted by Crippen LogP contribution is 2.18. The van der Waals surface area contributed by atoms with Gasteiger partial charge in [-0.2, -0.15) is 0 Å². The number of piperidine rings is 1. The summed E-state index contributed by atoms with van der Waals surface area (Å²) < 4.78 is 0. The molecule has 1 saturated heterocycles. The SMILES string of the molecule is CC(C)N(Cc1ccccc1)c1cnc(C(=O)N2CCCCC2)cn1. The highest BCUT2D eigenvalue weighted by Gasteiger charge is 2.20. The van der Waals surface area contributed by atoms with Crippen molar-refractivity contribution in [3.05, 3.63) is 54.0 Å². The number of nitrogens with zero attached hydrogens (tertiary/aromatic N) is 4. The average Bonchev–Trinajstić information content (AvgIpc) is 2.67. The Morgan fingerprint density at radius 3 is 2.40 bits per heavy atom. The average molecular weight is 338 g/mol. The van der Waals surface area contributed by atoms with Crippen LogP contribution < -0.4 is 4.90 Å². The van der Waals surface area contributed by atoms with Crippen LogP contribution in [-0.4, -0.2) is 39.9 Å². The fraction of sp³-hybridized carbons (Fsp3) is 0.450. The van der Waals surface area contributed by atoms with Gasteiger partial charge in [0.1, 0.15) is 11.5 Å². The Kier molecular flexibility index (Phi) is 5.64. The summed E-state index contributed by atoms with van der Waals surface area (Å²) >= 11 is 0. The van der Waals surface area contributed by atoms with Gasteiger partial charge in [0.2, 0.25) is 0 Å². The fourth-order valence-corrected chi connectivity index (χ4v) is 3.15. The normalized spacial score (nSPS) is 14.6. The molecule has 1 fully saturated rings. The van der Waals surface area contributed by atoms with Gasteiger partial charge in [-0.05, 0) is 38.7 Å². The molecule has 1 amide bonds. The molecule has 2 aromatic rings. The zero-order valence-corrected chi connectivity index (χ0v) is 15.1. The number of likely N-dealkylation sites (tertiary alicyclic amines) is 1. The van der Waals surface area contributed by atoms with E-state index in [0.717, 1.165) is 38.3 Å². The number of amides is 1. The maximum atomic E-state index is 12.5. The van der Waals surface area contributed by atoms with Crippen molar-refractivity contribution < 1.29 is 4.79 Å². The molecule has 132 valence electrons. The standard InChI is InChI=1S/C20H26N4O/c1-16(2)24(15-17-9-5-3-6-10-17)19-14-21-18(13-22-19)20(25)23-11-7-4-8-12-23/h3,5-6,9-10,13-14,16H,4,7-8,11-12,15H2,1-2H3. The number of benzene rings is 1. The van der Waals surface area contributed by atoms with Crippen LogP contribution in [-0.2, 0) is 6.54 Å². The van der Waals surface area contributed by atoms with Crippen LogP contribution in [0.25, 0.3) is 0 Å². The number of aromatic nitrogens is 2. The maximum Gasteiger partial charge on any atom is 0.274 e. The minimum absolute atomic E-state index is 0.00194. The lowest BCUT2D eigenvalue weighted by molar-refractivity contribution is 0.0718. The molecule has 0 atom stereocenters. The van der Waals surface area contributed by atoms with Crippen molar-refractivity contribution in [2.45, 2.75) is 45.7 Å². The van der Waals surface area contributed by atoms with E-state index in [-0.39, 0.29) is 11.9 Å². The van der Waals surface area contributed by atoms with Gasteiger partial charge in [-0.3, -0.25) is 4.79 Å². The Balaban J connectivity index is 1.73. The first-order valence-electron chi connectivity index (χ1n) is 9.07. The third-order valence-corrected chi connectivity index (χ3v) is 4.61. The van der Waals surface area contributed by atoms with Crippen LogP contribution in [0, 0.1) is 0 Å². The first-order chi connectivity index (χ1) is 12.1. The van der Waals surface area contributed by atoms with Gasteiger partial charge in [-0.25, -0.2) is 9.97 Å². The second-order valence-corrected chi connectivity index (χ2v) is 6.82. The first-order valence-corrected chi connectivity index (χ1v) is 9.07. The number of anilines is 1. The number of hydrogen-bond acceptors (Lipinski definition) is 4. The highest BCUT2D eigenvalue weighted by molar-refractivity contribution is 5.92. The number of hydrogen-bond donors (Lipinski definition) is 0. The minimum atomic E-state index is -0.00194. The molecule has 5 heteroatoms. The minimum Gasteiger partial charge on any atom is -0.349 e. The molecule has 1 aromatic carbocycles. The molecule has 25 heavy (non-hydrogen) atoms. The molecular weight excluding hydrogens is 312 g/mol. The Morgan fingerprint density at radius 1 is 1.08 bits per heavy atom. The van der Waals surface area contributed by atoms with Crippen LogP contribution in [0.2, 0.25) is 0 Å². The van der Waals surface area contributed by atoms with E-state index in [1.165, 1.54) is 12.0 Å².